The number of carbonyl (C=O) groups is 2. The predicted octanol–water partition coefficient (Wildman–Crippen LogP) is 3.32. The van der Waals surface area contributed by atoms with Crippen LogP contribution in [0.25, 0.3) is 11.1 Å². The van der Waals surface area contributed by atoms with Gasteiger partial charge in [-0.05, 0) is 41.7 Å². The Labute approximate surface area is 176 Å². The average molecular weight is 410 g/mol. The van der Waals surface area contributed by atoms with Gasteiger partial charge in [0.15, 0.2) is 5.60 Å². The van der Waals surface area contributed by atoms with Gasteiger partial charge in [-0.1, -0.05) is 43.3 Å². The number of hydrogen-bond donors (Lipinski definition) is 1. The molecule has 1 heterocycles. The Bertz CT molecular complexity index is 944. The second-order valence-electron chi connectivity index (χ2n) is 8.15. The van der Waals surface area contributed by atoms with Crippen LogP contribution in [0, 0.1) is 5.82 Å². The monoisotopic (exact) mass is 410 g/mol. The van der Waals surface area contributed by atoms with E-state index in [1.165, 1.54) is 12.1 Å². The molecule has 0 unspecified atom stereocenters. The molecule has 2 aromatic carbocycles. The molecule has 0 aromatic heterocycles. The Morgan fingerprint density at radius 1 is 1.17 bits per heavy atom. The number of benzene rings is 2. The summed E-state index contributed by atoms with van der Waals surface area (Å²) < 4.78 is 19.7. The zero-order valence-corrected chi connectivity index (χ0v) is 17.2. The third kappa shape index (κ3) is 4.54. The Morgan fingerprint density at radius 2 is 1.90 bits per heavy atom. The van der Waals surface area contributed by atoms with Crippen LogP contribution >= 0.6 is 0 Å². The van der Waals surface area contributed by atoms with Crippen molar-refractivity contribution in [3.63, 3.8) is 0 Å². The minimum atomic E-state index is -1.12. The lowest BCUT2D eigenvalue weighted by Gasteiger charge is -2.41. The normalized spacial score (nSPS) is 21.3. The van der Waals surface area contributed by atoms with Gasteiger partial charge in [0, 0.05) is 25.4 Å². The highest BCUT2D eigenvalue weighted by Gasteiger charge is 2.46. The van der Waals surface area contributed by atoms with Gasteiger partial charge in [-0.25, -0.2) is 4.39 Å². The van der Waals surface area contributed by atoms with Crippen LogP contribution in [0.4, 0.5) is 4.39 Å². The van der Waals surface area contributed by atoms with Crippen molar-refractivity contribution in [2.45, 2.75) is 44.2 Å². The van der Waals surface area contributed by atoms with Crippen LogP contribution in [0.15, 0.2) is 48.5 Å². The van der Waals surface area contributed by atoms with Gasteiger partial charge in [-0.3, -0.25) is 9.59 Å². The highest BCUT2D eigenvalue weighted by molar-refractivity contribution is 5.88. The number of amides is 2. The van der Waals surface area contributed by atoms with Crippen LogP contribution in [0.1, 0.15) is 31.7 Å². The number of rotatable bonds is 6. The molecule has 0 bridgehead atoms. The van der Waals surface area contributed by atoms with Gasteiger partial charge in [0.1, 0.15) is 5.82 Å². The molecular formula is C24H27FN2O3. The van der Waals surface area contributed by atoms with Crippen molar-refractivity contribution in [3.05, 3.63) is 59.9 Å². The van der Waals surface area contributed by atoms with Gasteiger partial charge in [-0.2, -0.15) is 0 Å². The van der Waals surface area contributed by atoms with Gasteiger partial charge < -0.3 is 15.0 Å². The van der Waals surface area contributed by atoms with Crippen molar-refractivity contribution >= 4 is 11.8 Å². The summed E-state index contributed by atoms with van der Waals surface area (Å²) in [7, 11) is 0. The van der Waals surface area contributed by atoms with E-state index < -0.39 is 5.60 Å². The van der Waals surface area contributed by atoms with Crippen molar-refractivity contribution in [1.29, 1.82) is 0 Å². The van der Waals surface area contributed by atoms with Crippen molar-refractivity contribution in [2.24, 2.45) is 0 Å². The highest BCUT2D eigenvalue weighted by Crippen LogP contribution is 2.29. The second kappa shape index (κ2) is 8.56. The fourth-order valence-electron chi connectivity index (χ4n) is 3.95. The Morgan fingerprint density at radius 3 is 2.60 bits per heavy atom. The first-order valence-electron chi connectivity index (χ1n) is 10.6. The summed E-state index contributed by atoms with van der Waals surface area (Å²) in [6.07, 6.45) is 2.71. The van der Waals surface area contributed by atoms with Crippen LogP contribution in [-0.4, -0.2) is 48.1 Å². The first kappa shape index (κ1) is 20.5. The highest BCUT2D eigenvalue weighted by atomic mass is 19.1. The fourth-order valence-corrected chi connectivity index (χ4v) is 3.95. The maximum atomic E-state index is 13.7. The van der Waals surface area contributed by atoms with Crippen LogP contribution in [0.2, 0.25) is 0 Å². The first-order valence-corrected chi connectivity index (χ1v) is 10.6. The molecule has 6 heteroatoms. The zero-order chi connectivity index (χ0) is 21.1. The van der Waals surface area contributed by atoms with E-state index >= 15 is 0 Å². The van der Waals surface area contributed by atoms with E-state index in [4.69, 9.17) is 4.74 Å². The minimum absolute atomic E-state index is 0.0235. The average Bonchev–Trinajstić information content (AvgIpc) is 3.57. The number of ether oxygens (including phenoxy) is 1. The van der Waals surface area contributed by atoms with E-state index in [0.29, 0.717) is 26.0 Å². The van der Waals surface area contributed by atoms with Crippen molar-refractivity contribution in [3.8, 4) is 11.1 Å². The van der Waals surface area contributed by atoms with E-state index in [-0.39, 0.29) is 30.2 Å². The summed E-state index contributed by atoms with van der Waals surface area (Å²) in [5, 5.41) is 3.06. The minimum Gasteiger partial charge on any atom is -0.361 e. The van der Waals surface area contributed by atoms with Gasteiger partial charge in [0.2, 0.25) is 5.91 Å². The lowest BCUT2D eigenvalue weighted by molar-refractivity contribution is -0.166. The molecule has 1 aliphatic carbocycles. The third-order valence-corrected chi connectivity index (χ3v) is 5.74. The molecule has 1 atom stereocenters. The quantitative estimate of drug-likeness (QED) is 0.795. The molecule has 4 rings (SSSR count). The van der Waals surface area contributed by atoms with Gasteiger partial charge >= 0.3 is 0 Å². The summed E-state index contributed by atoms with van der Waals surface area (Å²) in [5.41, 5.74) is 1.45. The molecule has 2 amide bonds. The molecule has 1 saturated carbocycles. The molecule has 30 heavy (non-hydrogen) atoms. The molecule has 0 radical (unpaired) electrons. The molecule has 1 N–H and O–H groups in total. The maximum absolute atomic E-state index is 13.7. The van der Waals surface area contributed by atoms with E-state index in [1.807, 2.05) is 37.3 Å². The fraction of sp³-hybridized carbons (Fsp3) is 0.417. The molecule has 158 valence electrons. The maximum Gasteiger partial charge on any atom is 0.254 e. The topological polar surface area (TPSA) is 58.6 Å². The molecule has 2 aliphatic rings. The summed E-state index contributed by atoms with van der Waals surface area (Å²) in [5.74, 6) is -0.423. The molecular weight excluding hydrogens is 383 g/mol. The van der Waals surface area contributed by atoms with E-state index in [1.54, 1.807) is 11.0 Å². The second-order valence-corrected chi connectivity index (χ2v) is 8.15. The molecule has 1 aliphatic heterocycles. The molecule has 2 fully saturated rings. The van der Waals surface area contributed by atoms with Crippen molar-refractivity contribution in [2.75, 3.05) is 19.7 Å². The van der Waals surface area contributed by atoms with E-state index in [2.05, 4.69) is 5.32 Å². The van der Waals surface area contributed by atoms with Crippen molar-refractivity contribution in [1.82, 2.24) is 10.2 Å². The Balaban J connectivity index is 1.62. The lowest BCUT2D eigenvalue weighted by atomic mass is 9.89. The smallest absolute Gasteiger partial charge is 0.254 e. The number of halogens is 1. The zero-order valence-electron chi connectivity index (χ0n) is 17.2. The first-order chi connectivity index (χ1) is 14.5. The standard InChI is InChI=1S/C24H27FN2O3/c1-2-22(28)27-11-12-30-24(16-27,23(29)26-21-9-10-21)15-17-5-3-6-18(13-17)19-7-4-8-20(25)14-19/h3-8,13-14,21H,2,9-12,15-16H2,1H3,(H,26,29)/t24-/m1/s1. The SMILES string of the molecule is CCC(=O)N1CCO[C@@](Cc2cccc(-c3cccc(F)c3)c2)(C(=O)NC2CC2)C1. The Hall–Kier alpha value is -2.73. The van der Waals surface area contributed by atoms with Crippen molar-refractivity contribution < 1.29 is 18.7 Å². The van der Waals surface area contributed by atoms with Crippen LogP contribution in [0.5, 0.6) is 0 Å². The third-order valence-electron chi connectivity index (χ3n) is 5.74. The summed E-state index contributed by atoms with van der Waals surface area (Å²) in [4.78, 5) is 27.3. The molecule has 2 aromatic rings. The van der Waals surface area contributed by atoms with Gasteiger partial charge in [0.25, 0.3) is 5.91 Å². The number of hydrogen-bond acceptors (Lipinski definition) is 3. The molecule has 0 spiro atoms. The molecule has 5 nitrogen and oxygen atoms in total. The number of carbonyl (C=O) groups excluding carboxylic acids is 2. The number of nitrogens with one attached hydrogen (secondary N) is 1. The van der Waals surface area contributed by atoms with Gasteiger partial charge in [0.05, 0.1) is 13.2 Å². The summed E-state index contributed by atoms with van der Waals surface area (Å²) in [6.45, 7) is 2.89. The molecule has 1 saturated heterocycles. The van der Waals surface area contributed by atoms with E-state index in [9.17, 15) is 14.0 Å². The largest absolute Gasteiger partial charge is 0.361 e. The number of morpholine rings is 1. The van der Waals surface area contributed by atoms with Gasteiger partial charge in [-0.15, -0.1) is 0 Å². The Kier molecular flexibility index (Phi) is 5.86. The lowest BCUT2D eigenvalue weighted by Crippen LogP contribution is -2.62. The van der Waals surface area contributed by atoms with Crippen LogP contribution in [0.3, 0.4) is 0 Å². The number of nitrogens with zero attached hydrogens (tertiary/aromatic N) is 1. The van der Waals surface area contributed by atoms with Crippen LogP contribution in [-0.2, 0) is 20.7 Å². The summed E-state index contributed by atoms with van der Waals surface area (Å²) >= 11 is 0. The summed E-state index contributed by atoms with van der Waals surface area (Å²) in [6, 6.07) is 14.4. The van der Waals surface area contributed by atoms with Crippen LogP contribution < -0.4 is 5.32 Å². The van der Waals surface area contributed by atoms with E-state index in [0.717, 1.165) is 29.5 Å². The predicted molar refractivity (Wildman–Crippen MR) is 112 cm³/mol.